The predicted molar refractivity (Wildman–Crippen MR) is 99.3 cm³/mol. The zero-order valence-corrected chi connectivity index (χ0v) is 15.8. The van der Waals surface area contributed by atoms with Gasteiger partial charge in [-0.3, -0.25) is 0 Å². The number of hydrogen-bond acceptors (Lipinski definition) is 5. The lowest BCUT2D eigenvalue weighted by molar-refractivity contribution is -0.195. The fourth-order valence-corrected chi connectivity index (χ4v) is 3.05. The molecule has 148 valence electrons. The maximum absolute atomic E-state index is 9.77. The predicted octanol–water partition coefficient (Wildman–Crippen LogP) is 3.31. The molecule has 25 heavy (non-hydrogen) atoms. The molecule has 0 saturated carbocycles. The fraction of sp³-hybridized carbons (Fsp3) is 0.900. The van der Waals surface area contributed by atoms with Crippen LogP contribution in [0, 0.1) is 0 Å². The normalized spacial score (nSPS) is 27.0. The topological polar surface area (TPSA) is 79.2 Å². The maximum atomic E-state index is 9.77. The number of unbranched alkanes of at least 4 members (excludes halogenated alkanes) is 10. The quantitative estimate of drug-likeness (QED) is 0.328. The third-order valence-corrected chi connectivity index (χ3v) is 4.78. The SMILES string of the molecule is CCCCCCCCCCCC/C=C/OC[C@H]1OC[C@H](O)[C@@H](O)[C@@H]1O. The second kappa shape index (κ2) is 14.5. The van der Waals surface area contributed by atoms with Crippen LogP contribution in [0.4, 0.5) is 0 Å². The van der Waals surface area contributed by atoms with Gasteiger partial charge in [-0.25, -0.2) is 0 Å². The van der Waals surface area contributed by atoms with Crippen LogP contribution in [-0.4, -0.2) is 52.9 Å². The number of ether oxygens (including phenoxy) is 2. The molecule has 5 nitrogen and oxygen atoms in total. The first-order chi connectivity index (χ1) is 12.2. The molecule has 0 radical (unpaired) electrons. The Labute approximate surface area is 153 Å². The molecule has 1 aliphatic heterocycles. The van der Waals surface area contributed by atoms with E-state index in [4.69, 9.17) is 9.47 Å². The molecule has 0 bridgehead atoms. The molecule has 0 amide bonds. The Morgan fingerprint density at radius 2 is 1.48 bits per heavy atom. The lowest BCUT2D eigenvalue weighted by Gasteiger charge is -2.34. The molecule has 0 aromatic carbocycles. The summed E-state index contributed by atoms with van der Waals surface area (Å²) in [5.74, 6) is 0. The highest BCUT2D eigenvalue weighted by molar-refractivity contribution is 4.87. The molecule has 1 saturated heterocycles. The van der Waals surface area contributed by atoms with Crippen LogP contribution in [0.25, 0.3) is 0 Å². The largest absolute Gasteiger partial charge is 0.499 e. The van der Waals surface area contributed by atoms with Gasteiger partial charge in [0.15, 0.2) is 0 Å². The van der Waals surface area contributed by atoms with Crippen LogP contribution in [0.1, 0.15) is 77.6 Å². The lowest BCUT2D eigenvalue weighted by atomic mass is 10.0. The second-order valence-corrected chi connectivity index (χ2v) is 7.10. The van der Waals surface area contributed by atoms with Crippen molar-refractivity contribution >= 4 is 0 Å². The molecule has 1 fully saturated rings. The van der Waals surface area contributed by atoms with Crippen molar-refractivity contribution in [2.75, 3.05) is 13.2 Å². The number of hydrogen-bond donors (Lipinski definition) is 3. The van der Waals surface area contributed by atoms with Gasteiger partial charge in [0.25, 0.3) is 0 Å². The molecule has 0 aliphatic carbocycles. The van der Waals surface area contributed by atoms with E-state index in [1.807, 2.05) is 6.08 Å². The van der Waals surface area contributed by atoms with Crippen molar-refractivity contribution in [1.29, 1.82) is 0 Å². The van der Waals surface area contributed by atoms with Gasteiger partial charge in [-0.2, -0.15) is 0 Å². The van der Waals surface area contributed by atoms with Gasteiger partial charge in [0.05, 0.1) is 12.9 Å². The van der Waals surface area contributed by atoms with E-state index < -0.39 is 24.4 Å². The molecule has 0 unspecified atom stereocenters. The minimum absolute atomic E-state index is 0.0224. The van der Waals surface area contributed by atoms with E-state index in [0.717, 1.165) is 6.42 Å². The van der Waals surface area contributed by atoms with Gasteiger partial charge >= 0.3 is 0 Å². The van der Waals surface area contributed by atoms with Crippen LogP contribution in [0.5, 0.6) is 0 Å². The fourth-order valence-electron chi connectivity index (χ4n) is 3.05. The van der Waals surface area contributed by atoms with Gasteiger partial charge in [-0.15, -0.1) is 0 Å². The molecular weight excluding hydrogens is 320 g/mol. The van der Waals surface area contributed by atoms with Crippen molar-refractivity contribution in [3.05, 3.63) is 12.3 Å². The number of aliphatic hydroxyl groups is 3. The molecular formula is C20H38O5. The van der Waals surface area contributed by atoms with E-state index in [-0.39, 0.29) is 13.2 Å². The van der Waals surface area contributed by atoms with Crippen LogP contribution >= 0.6 is 0 Å². The van der Waals surface area contributed by atoms with Crippen molar-refractivity contribution in [2.45, 2.75) is 102 Å². The molecule has 4 atom stereocenters. The van der Waals surface area contributed by atoms with E-state index in [1.165, 1.54) is 64.2 Å². The van der Waals surface area contributed by atoms with Crippen LogP contribution < -0.4 is 0 Å². The zero-order chi connectivity index (χ0) is 18.3. The van der Waals surface area contributed by atoms with Crippen molar-refractivity contribution in [2.24, 2.45) is 0 Å². The van der Waals surface area contributed by atoms with Crippen molar-refractivity contribution in [3.8, 4) is 0 Å². The standard InChI is InChI=1S/C20H38O5/c1-2-3-4-5-6-7-8-9-10-11-12-13-14-24-16-18-20(23)19(22)17(21)15-25-18/h13-14,17-23H,2-12,15-16H2,1H3/b14-13+/t17-,18+,19+,20+/m0/s1. The molecule has 0 spiro atoms. The van der Waals surface area contributed by atoms with Crippen molar-refractivity contribution in [3.63, 3.8) is 0 Å². The minimum Gasteiger partial charge on any atom is -0.499 e. The molecule has 3 N–H and O–H groups in total. The average molecular weight is 359 g/mol. The smallest absolute Gasteiger partial charge is 0.120 e. The first kappa shape index (κ1) is 22.4. The number of rotatable bonds is 14. The van der Waals surface area contributed by atoms with Gasteiger partial charge in [0, 0.05) is 0 Å². The molecule has 1 aliphatic rings. The molecule has 1 rings (SSSR count). The Morgan fingerprint density at radius 3 is 2.12 bits per heavy atom. The van der Waals surface area contributed by atoms with Gasteiger partial charge in [0.2, 0.25) is 0 Å². The van der Waals surface area contributed by atoms with Gasteiger partial charge < -0.3 is 24.8 Å². The highest BCUT2D eigenvalue weighted by Gasteiger charge is 2.37. The monoisotopic (exact) mass is 358 g/mol. The van der Waals surface area contributed by atoms with Gasteiger partial charge in [0.1, 0.15) is 31.0 Å². The lowest BCUT2D eigenvalue weighted by Crippen LogP contribution is -2.54. The van der Waals surface area contributed by atoms with Crippen LogP contribution in [0.2, 0.25) is 0 Å². The average Bonchev–Trinajstić information content (AvgIpc) is 2.61. The van der Waals surface area contributed by atoms with E-state index in [2.05, 4.69) is 6.92 Å². The van der Waals surface area contributed by atoms with Gasteiger partial charge in [-0.05, 0) is 18.9 Å². The Balaban J connectivity index is 1.89. The van der Waals surface area contributed by atoms with E-state index in [9.17, 15) is 15.3 Å². The van der Waals surface area contributed by atoms with E-state index in [1.54, 1.807) is 6.26 Å². The highest BCUT2D eigenvalue weighted by Crippen LogP contribution is 2.16. The summed E-state index contributed by atoms with van der Waals surface area (Å²) in [5, 5.41) is 28.7. The highest BCUT2D eigenvalue weighted by atomic mass is 16.6. The number of aliphatic hydroxyl groups excluding tert-OH is 3. The molecule has 5 heteroatoms. The summed E-state index contributed by atoms with van der Waals surface area (Å²) in [4.78, 5) is 0. The van der Waals surface area contributed by atoms with Crippen LogP contribution in [0.15, 0.2) is 12.3 Å². The molecule has 0 aromatic heterocycles. The van der Waals surface area contributed by atoms with E-state index >= 15 is 0 Å². The second-order valence-electron chi connectivity index (χ2n) is 7.10. The summed E-state index contributed by atoms with van der Waals surface area (Å²) in [6.07, 6.45) is 14.0. The van der Waals surface area contributed by atoms with Crippen LogP contribution in [0.3, 0.4) is 0 Å². The first-order valence-electron chi connectivity index (χ1n) is 10.1. The van der Waals surface area contributed by atoms with Gasteiger partial charge in [-0.1, -0.05) is 64.7 Å². The maximum Gasteiger partial charge on any atom is 0.120 e. The third kappa shape index (κ3) is 10.2. The zero-order valence-electron chi connectivity index (χ0n) is 15.8. The number of allylic oxidation sites excluding steroid dienone is 1. The summed E-state index contributed by atoms with van der Waals surface area (Å²) in [5.41, 5.74) is 0. The molecule has 0 aromatic rings. The van der Waals surface area contributed by atoms with Crippen LogP contribution in [-0.2, 0) is 9.47 Å². The Kier molecular flexibility index (Phi) is 13.0. The summed E-state index contributed by atoms with van der Waals surface area (Å²) in [6.45, 7) is 2.45. The minimum atomic E-state index is -1.17. The summed E-state index contributed by atoms with van der Waals surface area (Å²) < 4.78 is 10.6. The van der Waals surface area contributed by atoms with Crippen molar-refractivity contribution < 1.29 is 24.8 Å². The molecule has 1 heterocycles. The first-order valence-corrected chi connectivity index (χ1v) is 10.1. The summed E-state index contributed by atoms with van der Waals surface area (Å²) in [6, 6.07) is 0. The summed E-state index contributed by atoms with van der Waals surface area (Å²) in [7, 11) is 0. The Morgan fingerprint density at radius 1 is 0.880 bits per heavy atom. The summed E-state index contributed by atoms with van der Waals surface area (Å²) >= 11 is 0. The van der Waals surface area contributed by atoms with Crippen molar-refractivity contribution in [1.82, 2.24) is 0 Å². The Hall–Kier alpha value is -0.620. The van der Waals surface area contributed by atoms with E-state index in [0.29, 0.717) is 0 Å². The Bertz CT molecular complexity index is 334. The third-order valence-electron chi connectivity index (χ3n) is 4.78.